The third kappa shape index (κ3) is 7.48. The first-order valence-electron chi connectivity index (χ1n) is 12.1. The summed E-state index contributed by atoms with van der Waals surface area (Å²) in [4.78, 5) is 66.4. The molecule has 13 nitrogen and oxygen atoms in total. The number of aromatic nitrogens is 5. The van der Waals surface area contributed by atoms with Gasteiger partial charge in [0.1, 0.15) is 29.4 Å². The summed E-state index contributed by atoms with van der Waals surface area (Å²) in [6.07, 6.45) is 5.66. The van der Waals surface area contributed by atoms with Crippen LogP contribution in [-0.2, 0) is 22.6 Å². The highest BCUT2D eigenvalue weighted by molar-refractivity contribution is 5.96. The Balaban J connectivity index is 1.74. The first kappa shape index (κ1) is 28.0. The van der Waals surface area contributed by atoms with E-state index in [0.717, 1.165) is 12.1 Å². The fourth-order valence-electron chi connectivity index (χ4n) is 3.69. The second-order valence-electron chi connectivity index (χ2n) is 9.36. The van der Waals surface area contributed by atoms with Gasteiger partial charge in [-0.15, -0.1) is 0 Å². The van der Waals surface area contributed by atoms with Crippen LogP contribution in [0.1, 0.15) is 38.2 Å². The number of amides is 3. The van der Waals surface area contributed by atoms with Crippen molar-refractivity contribution in [2.24, 2.45) is 5.92 Å². The number of imidazole rings is 1. The largest absolute Gasteiger partial charge is 0.465 e. The standard InChI is InChI=1S/C25H32N8O5/c1-15(2)12-18-21-22(27-14-26-18)31-19(30-21)13-33-11-7-9-17(24(33)36)28-23(35)16(29-25(37)38)8-5-6-10-20(34)32(3)4/h6-7,9-11,14-16,29H,5,8,12-13H2,1-4H3,(H,28,35)(H,37,38)(H,26,27,30,31)/b10-6+. The van der Waals surface area contributed by atoms with E-state index >= 15 is 0 Å². The zero-order valence-corrected chi connectivity index (χ0v) is 21.8. The van der Waals surface area contributed by atoms with Crippen LogP contribution in [0.3, 0.4) is 0 Å². The van der Waals surface area contributed by atoms with Gasteiger partial charge in [0.05, 0.1) is 12.2 Å². The number of H-pyrrole nitrogens is 1. The number of fused-ring (bicyclic) bond motifs is 1. The number of carbonyl (C=O) groups is 3. The molecule has 3 aromatic rings. The summed E-state index contributed by atoms with van der Waals surface area (Å²) < 4.78 is 1.37. The maximum absolute atomic E-state index is 13.1. The van der Waals surface area contributed by atoms with Crippen molar-refractivity contribution in [2.75, 3.05) is 19.4 Å². The highest BCUT2D eigenvalue weighted by Crippen LogP contribution is 2.16. The zero-order valence-electron chi connectivity index (χ0n) is 21.8. The van der Waals surface area contributed by atoms with Gasteiger partial charge in [0, 0.05) is 20.3 Å². The Morgan fingerprint density at radius 1 is 1.24 bits per heavy atom. The third-order valence-electron chi connectivity index (χ3n) is 5.54. The fraction of sp³-hybridized carbons (Fsp3) is 0.400. The van der Waals surface area contributed by atoms with Crippen LogP contribution in [0.4, 0.5) is 10.5 Å². The normalized spacial score (nSPS) is 12.1. The number of allylic oxidation sites excluding steroid dienone is 1. The molecule has 38 heavy (non-hydrogen) atoms. The number of nitrogens with one attached hydrogen (secondary N) is 3. The van der Waals surface area contributed by atoms with Crippen LogP contribution >= 0.6 is 0 Å². The van der Waals surface area contributed by atoms with E-state index in [2.05, 4.69) is 44.4 Å². The van der Waals surface area contributed by atoms with E-state index in [-0.39, 0.29) is 31.0 Å². The zero-order chi connectivity index (χ0) is 27.8. The molecule has 0 saturated carbocycles. The topological polar surface area (TPSA) is 175 Å². The summed E-state index contributed by atoms with van der Waals surface area (Å²) in [5.74, 6) is -0.0330. The number of nitrogens with zero attached hydrogens (tertiary/aromatic N) is 5. The fourth-order valence-corrected chi connectivity index (χ4v) is 3.69. The van der Waals surface area contributed by atoms with E-state index in [4.69, 9.17) is 5.11 Å². The van der Waals surface area contributed by atoms with E-state index < -0.39 is 23.6 Å². The molecule has 0 aliphatic carbocycles. The van der Waals surface area contributed by atoms with Gasteiger partial charge >= 0.3 is 6.09 Å². The first-order valence-corrected chi connectivity index (χ1v) is 12.1. The second-order valence-corrected chi connectivity index (χ2v) is 9.36. The molecule has 0 aliphatic rings. The number of carboxylic acid groups (broad SMARTS) is 1. The molecule has 0 aliphatic heterocycles. The van der Waals surface area contributed by atoms with Crippen LogP contribution in [-0.4, -0.2) is 72.6 Å². The summed E-state index contributed by atoms with van der Waals surface area (Å²) in [6.45, 7) is 4.27. The van der Waals surface area contributed by atoms with Crippen molar-refractivity contribution in [3.8, 4) is 0 Å². The monoisotopic (exact) mass is 524 g/mol. The van der Waals surface area contributed by atoms with E-state index in [1.165, 1.54) is 27.9 Å². The Labute approximate surface area is 219 Å². The number of carbonyl (C=O) groups excluding carboxylic acids is 2. The van der Waals surface area contributed by atoms with Crippen molar-refractivity contribution < 1.29 is 19.5 Å². The maximum Gasteiger partial charge on any atom is 0.405 e. The van der Waals surface area contributed by atoms with Crippen molar-refractivity contribution in [3.63, 3.8) is 0 Å². The van der Waals surface area contributed by atoms with Gasteiger partial charge in [0.15, 0.2) is 5.65 Å². The maximum atomic E-state index is 13.1. The lowest BCUT2D eigenvalue weighted by Gasteiger charge is -2.16. The summed E-state index contributed by atoms with van der Waals surface area (Å²) in [5, 5.41) is 13.8. The van der Waals surface area contributed by atoms with Crippen molar-refractivity contribution >= 4 is 34.8 Å². The molecule has 3 heterocycles. The molecule has 0 bridgehead atoms. The van der Waals surface area contributed by atoms with Crippen LogP contribution in [0, 0.1) is 5.92 Å². The minimum absolute atomic E-state index is 0.00980. The molecule has 0 radical (unpaired) electrons. The highest BCUT2D eigenvalue weighted by atomic mass is 16.4. The highest BCUT2D eigenvalue weighted by Gasteiger charge is 2.21. The molecule has 202 valence electrons. The molecule has 4 N–H and O–H groups in total. The Morgan fingerprint density at radius 2 is 2.00 bits per heavy atom. The van der Waals surface area contributed by atoms with E-state index in [1.807, 2.05) is 0 Å². The quantitative estimate of drug-likeness (QED) is 0.274. The van der Waals surface area contributed by atoms with Gasteiger partial charge in [-0.05, 0) is 43.4 Å². The first-order chi connectivity index (χ1) is 18.0. The number of pyridine rings is 1. The van der Waals surface area contributed by atoms with Crippen LogP contribution < -0.4 is 16.2 Å². The number of likely N-dealkylation sites (N-methyl/N-ethyl adjacent to an activating group) is 1. The van der Waals surface area contributed by atoms with Crippen LogP contribution in [0.15, 0.2) is 41.6 Å². The summed E-state index contributed by atoms with van der Waals surface area (Å²) in [6, 6.07) is 1.90. The minimum Gasteiger partial charge on any atom is -0.465 e. The van der Waals surface area contributed by atoms with Crippen LogP contribution in [0.5, 0.6) is 0 Å². The number of aromatic amines is 1. The summed E-state index contributed by atoms with van der Waals surface area (Å²) >= 11 is 0. The third-order valence-corrected chi connectivity index (χ3v) is 5.54. The summed E-state index contributed by atoms with van der Waals surface area (Å²) in [7, 11) is 3.21. The van der Waals surface area contributed by atoms with E-state index in [1.54, 1.807) is 32.4 Å². The molecule has 0 saturated heterocycles. The molecular weight excluding hydrogens is 492 g/mol. The molecule has 0 aromatic carbocycles. The predicted molar refractivity (Wildman–Crippen MR) is 141 cm³/mol. The molecule has 0 fully saturated rings. The minimum atomic E-state index is -1.38. The van der Waals surface area contributed by atoms with Crippen molar-refractivity contribution in [1.29, 1.82) is 0 Å². The predicted octanol–water partition coefficient (Wildman–Crippen LogP) is 1.76. The van der Waals surface area contributed by atoms with Gasteiger partial charge in [-0.25, -0.2) is 19.7 Å². The van der Waals surface area contributed by atoms with E-state index in [0.29, 0.717) is 22.9 Å². The molecule has 1 unspecified atom stereocenters. The van der Waals surface area contributed by atoms with Gasteiger partial charge in [0.2, 0.25) is 11.8 Å². The molecule has 1 atom stereocenters. The lowest BCUT2D eigenvalue weighted by atomic mass is 10.1. The molecule has 3 rings (SSSR count). The van der Waals surface area contributed by atoms with Crippen LogP contribution in [0.2, 0.25) is 0 Å². The average molecular weight is 525 g/mol. The smallest absolute Gasteiger partial charge is 0.405 e. The SMILES string of the molecule is CC(C)Cc1ncnc2[nH]c(Cn3cccc(NC(=O)C(CC/C=C/C(=O)N(C)C)NC(=O)O)c3=O)nc12. The Hall–Kier alpha value is -4.55. The van der Waals surface area contributed by atoms with Crippen molar-refractivity contribution in [3.05, 3.63) is 58.7 Å². The summed E-state index contributed by atoms with van der Waals surface area (Å²) in [5.41, 5.74) is 1.55. The number of rotatable bonds is 11. The molecular formula is C25H32N8O5. The Morgan fingerprint density at radius 3 is 2.68 bits per heavy atom. The number of hydrogen-bond acceptors (Lipinski definition) is 7. The van der Waals surface area contributed by atoms with Gasteiger partial charge in [-0.3, -0.25) is 14.4 Å². The lowest BCUT2D eigenvalue weighted by molar-refractivity contribution is -0.123. The lowest BCUT2D eigenvalue weighted by Crippen LogP contribution is -2.44. The van der Waals surface area contributed by atoms with Gasteiger partial charge in [-0.2, -0.15) is 0 Å². The van der Waals surface area contributed by atoms with Gasteiger partial charge in [-0.1, -0.05) is 19.9 Å². The van der Waals surface area contributed by atoms with Crippen LogP contribution in [0.25, 0.3) is 11.2 Å². The van der Waals surface area contributed by atoms with Gasteiger partial charge in [0.25, 0.3) is 5.56 Å². The van der Waals surface area contributed by atoms with E-state index in [9.17, 15) is 19.2 Å². The Bertz CT molecular complexity index is 1390. The molecule has 13 heteroatoms. The second kappa shape index (κ2) is 12.6. The molecule has 3 amide bonds. The number of anilines is 1. The Kier molecular flexibility index (Phi) is 9.30. The molecule has 0 spiro atoms. The average Bonchev–Trinajstić information content (AvgIpc) is 3.26. The van der Waals surface area contributed by atoms with Gasteiger partial charge < -0.3 is 30.2 Å². The number of hydrogen-bond donors (Lipinski definition) is 4. The molecule has 3 aromatic heterocycles. The van der Waals surface area contributed by atoms with Crippen molar-refractivity contribution in [2.45, 2.75) is 45.7 Å². The van der Waals surface area contributed by atoms with Crippen molar-refractivity contribution in [1.82, 2.24) is 34.7 Å².